The fourth-order valence-corrected chi connectivity index (χ4v) is 3.09. The van der Waals surface area contributed by atoms with E-state index >= 15 is 0 Å². The highest BCUT2D eigenvalue weighted by Crippen LogP contribution is 2.36. The lowest BCUT2D eigenvalue weighted by molar-refractivity contribution is -0.168. The first-order chi connectivity index (χ1) is 9.95. The predicted octanol–water partition coefficient (Wildman–Crippen LogP) is 0.175. The van der Waals surface area contributed by atoms with Crippen LogP contribution in [0.15, 0.2) is 11.8 Å². The van der Waals surface area contributed by atoms with Gasteiger partial charge in [-0.2, -0.15) is 0 Å². The Kier molecular flexibility index (Phi) is 4.73. The summed E-state index contributed by atoms with van der Waals surface area (Å²) in [7, 11) is 0. The first kappa shape index (κ1) is 15.6. The molecule has 2 rings (SSSR count). The third kappa shape index (κ3) is 3.13. The molecule has 0 aromatic carbocycles. The molecule has 0 radical (unpaired) electrons. The maximum absolute atomic E-state index is 12.0. The van der Waals surface area contributed by atoms with Gasteiger partial charge >= 0.3 is 12.1 Å². The van der Waals surface area contributed by atoms with Gasteiger partial charge in [0.05, 0.1) is 6.61 Å². The van der Waals surface area contributed by atoms with Crippen molar-refractivity contribution in [2.24, 2.45) is 5.73 Å². The standard InChI is InChI=1S/C12H16N2O6S/c1-3-18-12(17)20-6(2)19-11(16)7-4-5-21-10-8(13)9(15)14(7)10/h4,6,8,10H,3,5,13H2,1-2H3/t6?,8?,10-/m1/s1. The zero-order valence-electron chi connectivity index (χ0n) is 11.6. The van der Waals surface area contributed by atoms with E-state index in [0.717, 1.165) is 0 Å². The first-order valence-electron chi connectivity index (χ1n) is 6.40. The molecule has 3 atom stereocenters. The number of nitrogens with zero attached hydrogens (tertiary/aromatic N) is 1. The molecular formula is C12H16N2O6S. The van der Waals surface area contributed by atoms with Gasteiger partial charge in [0.2, 0.25) is 12.2 Å². The second-order valence-corrected chi connectivity index (χ2v) is 5.47. The number of esters is 1. The van der Waals surface area contributed by atoms with Crippen LogP contribution < -0.4 is 5.73 Å². The van der Waals surface area contributed by atoms with E-state index in [2.05, 4.69) is 4.74 Å². The molecular weight excluding hydrogens is 300 g/mol. The fraction of sp³-hybridized carbons (Fsp3) is 0.583. The number of carbonyl (C=O) groups excluding carboxylic acids is 3. The minimum atomic E-state index is -1.12. The smallest absolute Gasteiger partial charge is 0.435 e. The summed E-state index contributed by atoms with van der Waals surface area (Å²) < 4.78 is 14.3. The molecule has 0 aromatic rings. The summed E-state index contributed by atoms with van der Waals surface area (Å²) in [6.07, 6.45) is -0.453. The van der Waals surface area contributed by atoms with Crippen molar-refractivity contribution < 1.29 is 28.6 Å². The Bertz CT molecular complexity index is 494. The second-order valence-electron chi connectivity index (χ2n) is 4.32. The van der Waals surface area contributed by atoms with Gasteiger partial charge in [0.1, 0.15) is 17.1 Å². The number of carbonyl (C=O) groups is 3. The number of amides is 1. The average molecular weight is 316 g/mol. The molecule has 116 valence electrons. The van der Waals surface area contributed by atoms with Crippen molar-refractivity contribution in [2.45, 2.75) is 31.6 Å². The lowest BCUT2D eigenvalue weighted by Crippen LogP contribution is -2.68. The molecule has 0 aromatic heterocycles. The Balaban J connectivity index is 1.93. The molecule has 0 spiro atoms. The Morgan fingerprint density at radius 2 is 2.24 bits per heavy atom. The monoisotopic (exact) mass is 316 g/mol. The van der Waals surface area contributed by atoms with Gasteiger partial charge in [-0.15, -0.1) is 11.8 Å². The van der Waals surface area contributed by atoms with Crippen molar-refractivity contribution in [1.82, 2.24) is 4.90 Å². The number of nitrogens with two attached hydrogens (primary N) is 1. The maximum atomic E-state index is 12.0. The zero-order valence-corrected chi connectivity index (χ0v) is 12.4. The molecule has 1 fully saturated rings. The SMILES string of the molecule is CCOC(=O)OC(C)OC(=O)C1=CCS[C@@H]2C(N)C(=O)N12. The van der Waals surface area contributed by atoms with E-state index in [1.54, 1.807) is 13.0 Å². The molecule has 2 heterocycles. The van der Waals surface area contributed by atoms with Crippen molar-refractivity contribution >= 4 is 29.8 Å². The molecule has 2 N–H and O–H groups in total. The zero-order chi connectivity index (χ0) is 15.6. The van der Waals surface area contributed by atoms with Crippen LogP contribution in [0.1, 0.15) is 13.8 Å². The fourth-order valence-electron chi connectivity index (χ4n) is 1.95. The third-order valence-electron chi connectivity index (χ3n) is 2.89. The molecule has 0 aliphatic carbocycles. The van der Waals surface area contributed by atoms with E-state index < -0.39 is 24.5 Å². The Labute approximate surface area is 125 Å². The minimum absolute atomic E-state index is 0.129. The van der Waals surface area contributed by atoms with Gasteiger partial charge in [0.25, 0.3) is 0 Å². The number of ether oxygens (including phenoxy) is 3. The number of β-lactam (4-membered cyclic amide) rings is 1. The molecule has 1 amide bonds. The van der Waals surface area contributed by atoms with Gasteiger partial charge in [-0.05, 0) is 13.0 Å². The Hall–Kier alpha value is -1.74. The van der Waals surface area contributed by atoms with E-state index in [1.807, 2.05) is 0 Å². The van der Waals surface area contributed by atoms with Gasteiger partial charge in [-0.3, -0.25) is 9.69 Å². The number of fused-ring (bicyclic) bond motifs is 1. The van der Waals surface area contributed by atoms with Crippen molar-refractivity contribution in [3.63, 3.8) is 0 Å². The van der Waals surface area contributed by atoms with E-state index in [0.29, 0.717) is 5.75 Å². The number of hydrogen-bond acceptors (Lipinski definition) is 8. The molecule has 9 heteroatoms. The molecule has 21 heavy (non-hydrogen) atoms. The molecule has 2 aliphatic rings. The van der Waals surface area contributed by atoms with Gasteiger partial charge < -0.3 is 19.9 Å². The van der Waals surface area contributed by atoms with Crippen molar-refractivity contribution in [1.29, 1.82) is 0 Å². The van der Waals surface area contributed by atoms with Crippen LogP contribution >= 0.6 is 11.8 Å². The van der Waals surface area contributed by atoms with Crippen LogP contribution in [0.25, 0.3) is 0 Å². The Morgan fingerprint density at radius 1 is 1.52 bits per heavy atom. The summed E-state index contributed by atoms with van der Waals surface area (Å²) in [5, 5.41) is -0.244. The van der Waals surface area contributed by atoms with E-state index in [-0.39, 0.29) is 23.6 Å². The van der Waals surface area contributed by atoms with Crippen LogP contribution in [0.2, 0.25) is 0 Å². The molecule has 8 nitrogen and oxygen atoms in total. The predicted molar refractivity (Wildman–Crippen MR) is 72.8 cm³/mol. The highest BCUT2D eigenvalue weighted by Gasteiger charge is 2.50. The van der Waals surface area contributed by atoms with Crippen LogP contribution in [0.3, 0.4) is 0 Å². The normalized spacial score (nSPS) is 25.2. The van der Waals surface area contributed by atoms with E-state index in [4.69, 9.17) is 15.2 Å². The van der Waals surface area contributed by atoms with Crippen LogP contribution in [0, 0.1) is 0 Å². The van der Waals surface area contributed by atoms with Crippen molar-refractivity contribution in [3.8, 4) is 0 Å². The largest absolute Gasteiger partial charge is 0.511 e. The summed E-state index contributed by atoms with van der Waals surface area (Å²) in [6.45, 7) is 3.17. The molecule has 1 saturated heterocycles. The summed E-state index contributed by atoms with van der Waals surface area (Å²) in [5.74, 6) is -0.508. The van der Waals surface area contributed by atoms with Crippen LogP contribution in [0.5, 0.6) is 0 Å². The maximum Gasteiger partial charge on any atom is 0.511 e. The van der Waals surface area contributed by atoms with E-state index in [9.17, 15) is 14.4 Å². The van der Waals surface area contributed by atoms with Crippen molar-refractivity contribution in [2.75, 3.05) is 12.4 Å². The highest BCUT2D eigenvalue weighted by molar-refractivity contribution is 8.00. The van der Waals surface area contributed by atoms with E-state index in [1.165, 1.54) is 23.6 Å². The van der Waals surface area contributed by atoms with Gasteiger partial charge in [-0.1, -0.05) is 0 Å². The third-order valence-corrected chi connectivity index (χ3v) is 4.10. The molecule has 2 aliphatic heterocycles. The molecule has 0 saturated carbocycles. The quantitative estimate of drug-likeness (QED) is 0.444. The van der Waals surface area contributed by atoms with Crippen LogP contribution in [0.4, 0.5) is 4.79 Å². The summed E-state index contributed by atoms with van der Waals surface area (Å²) >= 11 is 1.47. The number of hydrogen-bond donors (Lipinski definition) is 1. The number of thioether (sulfide) groups is 1. The second kappa shape index (κ2) is 6.35. The average Bonchev–Trinajstić information content (AvgIpc) is 2.45. The number of rotatable bonds is 4. The summed E-state index contributed by atoms with van der Waals surface area (Å²) in [6, 6.07) is -0.597. The molecule has 2 unspecified atom stereocenters. The van der Waals surface area contributed by atoms with Gasteiger partial charge in [-0.25, -0.2) is 9.59 Å². The van der Waals surface area contributed by atoms with Gasteiger partial charge in [0.15, 0.2) is 0 Å². The van der Waals surface area contributed by atoms with Gasteiger partial charge in [0, 0.05) is 12.7 Å². The topological polar surface area (TPSA) is 108 Å². The summed E-state index contributed by atoms with van der Waals surface area (Å²) in [4.78, 5) is 36.1. The van der Waals surface area contributed by atoms with Crippen molar-refractivity contribution in [3.05, 3.63) is 11.8 Å². The Morgan fingerprint density at radius 3 is 2.90 bits per heavy atom. The lowest BCUT2D eigenvalue weighted by Gasteiger charge is -2.46. The lowest BCUT2D eigenvalue weighted by atomic mass is 10.1. The summed E-state index contributed by atoms with van der Waals surface area (Å²) in [5.41, 5.74) is 5.79. The molecule has 0 bridgehead atoms. The first-order valence-corrected chi connectivity index (χ1v) is 7.45. The highest BCUT2D eigenvalue weighted by atomic mass is 32.2. The minimum Gasteiger partial charge on any atom is -0.435 e. The van der Waals surface area contributed by atoms with Crippen LogP contribution in [-0.4, -0.2) is 53.0 Å². The van der Waals surface area contributed by atoms with Crippen LogP contribution in [-0.2, 0) is 23.8 Å².